The molecule has 0 bridgehead atoms. The molecule has 1 heterocycles. The minimum absolute atomic E-state index is 0.0915. The zero-order valence-corrected chi connectivity index (χ0v) is 12.1. The van der Waals surface area contributed by atoms with Gasteiger partial charge >= 0.3 is 5.97 Å². The summed E-state index contributed by atoms with van der Waals surface area (Å²) in [5.74, 6) is -1.04. The van der Waals surface area contributed by atoms with Gasteiger partial charge in [-0.2, -0.15) is 0 Å². The molecule has 6 nitrogen and oxygen atoms in total. The van der Waals surface area contributed by atoms with Crippen LogP contribution in [0.1, 0.15) is 44.1 Å². The zero-order chi connectivity index (χ0) is 15.2. The van der Waals surface area contributed by atoms with E-state index in [-0.39, 0.29) is 17.9 Å². The third-order valence-electron chi connectivity index (χ3n) is 2.78. The van der Waals surface area contributed by atoms with Crippen LogP contribution in [0.25, 0.3) is 0 Å². The molecule has 0 aromatic carbocycles. The maximum Gasteiger partial charge on any atom is 0.303 e. The van der Waals surface area contributed by atoms with Gasteiger partial charge in [-0.15, -0.1) is 0 Å². The number of aliphatic carboxylic acids is 1. The number of carboxylic acid groups (broad SMARTS) is 1. The van der Waals surface area contributed by atoms with Crippen molar-refractivity contribution in [2.75, 3.05) is 11.9 Å². The average Bonchev–Trinajstić information content (AvgIpc) is 2.37. The number of rotatable bonds is 7. The van der Waals surface area contributed by atoms with Gasteiger partial charge in [0.25, 0.3) is 5.91 Å². The van der Waals surface area contributed by atoms with E-state index in [0.717, 1.165) is 5.69 Å². The third kappa shape index (κ3) is 5.26. The van der Waals surface area contributed by atoms with Crippen molar-refractivity contribution in [1.29, 1.82) is 0 Å². The van der Waals surface area contributed by atoms with Gasteiger partial charge in [0, 0.05) is 30.4 Å². The quantitative estimate of drug-likeness (QED) is 0.709. The lowest BCUT2D eigenvalue weighted by Crippen LogP contribution is -2.32. The number of aromatic nitrogens is 1. The van der Waals surface area contributed by atoms with Crippen molar-refractivity contribution in [3.05, 3.63) is 24.0 Å². The van der Waals surface area contributed by atoms with Crippen LogP contribution in [0.4, 0.5) is 5.69 Å². The monoisotopic (exact) mass is 279 g/mol. The molecule has 3 N–H and O–H groups in total. The lowest BCUT2D eigenvalue weighted by molar-refractivity contribution is -0.137. The van der Waals surface area contributed by atoms with Gasteiger partial charge in [-0.25, -0.2) is 0 Å². The summed E-state index contributed by atoms with van der Waals surface area (Å²) in [4.78, 5) is 26.3. The molecule has 0 saturated heterocycles. The fraction of sp³-hybridized carbons (Fsp3) is 0.500. The Bertz CT molecular complexity index is 486. The van der Waals surface area contributed by atoms with Crippen LogP contribution in [0.2, 0.25) is 0 Å². The number of pyridine rings is 1. The maximum absolute atomic E-state index is 11.7. The highest BCUT2D eigenvalue weighted by molar-refractivity contribution is 5.93. The van der Waals surface area contributed by atoms with Crippen molar-refractivity contribution in [1.82, 2.24) is 10.3 Å². The number of anilines is 1. The highest BCUT2D eigenvalue weighted by Gasteiger charge is 2.19. The number of carbonyl (C=O) groups is 2. The average molecular weight is 279 g/mol. The molecule has 0 saturated carbocycles. The van der Waals surface area contributed by atoms with E-state index in [1.807, 2.05) is 20.8 Å². The van der Waals surface area contributed by atoms with E-state index in [1.54, 1.807) is 18.3 Å². The molecule has 1 aromatic rings. The summed E-state index contributed by atoms with van der Waals surface area (Å²) in [5, 5.41) is 14.6. The first-order valence-corrected chi connectivity index (χ1v) is 6.58. The normalized spacial score (nSPS) is 10.9. The molecule has 1 aromatic heterocycles. The van der Waals surface area contributed by atoms with E-state index in [1.165, 1.54) is 0 Å². The zero-order valence-electron chi connectivity index (χ0n) is 12.1. The number of carboxylic acids is 1. The van der Waals surface area contributed by atoms with Gasteiger partial charge in [0.05, 0.1) is 0 Å². The van der Waals surface area contributed by atoms with Crippen LogP contribution in [0.5, 0.6) is 0 Å². The van der Waals surface area contributed by atoms with Crippen molar-refractivity contribution < 1.29 is 14.7 Å². The van der Waals surface area contributed by atoms with Crippen molar-refractivity contribution >= 4 is 17.6 Å². The molecule has 0 unspecified atom stereocenters. The summed E-state index contributed by atoms with van der Waals surface area (Å²) in [6.07, 6.45) is 2.13. The molecule has 0 aliphatic rings. The minimum atomic E-state index is -0.822. The van der Waals surface area contributed by atoms with Crippen molar-refractivity contribution in [2.45, 2.75) is 39.2 Å². The number of nitrogens with zero attached hydrogens (tertiary/aromatic N) is 1. The Morgan fingerprint density at radius 2 is 2.10 bits per heavy atom. The Morgan fingerprint density at radius 1 is 1.40 bits per heavy atom. The second-order valence-corrected chi connectivity index (χ2v) is 5.19. The molecule has 0 aliphatic carbocycles. The Hall–Kier alpha value is -2.11. The Kier molecular flexibility index (Phi) is 5.49. The standard InChI is InChI=1S/C14H21N3O3/c1-4-15-13(20)11-9-10(6-8-16-11)17-14(2,3)7-5-12(18)19/h6,8-9H,4-5,7H2,1-3H3,(H,15,20)(H,16,17)(H,18,19). The largest absolute Gasteiger partial charge is 0.481 e. The van der Waals surface area contributed by atoms with E-state index in [0.29, 0.717) is 18.7 Å². The van der Waals surface area contributed by atoms with E-state index in [9.17, 15) is 9.59 Å². The minimum Gasteiger partial charge on any atom is -0.481 e. The molecule has 20 heavy (non-hydrogen) atoms. The van der Waals surface area contributed by atoms with E-state index in [2.05, 4.69) is 15.6 Å². The number of amides is 1. The van der Waals surface area contributed by atoms with Crippen molar-refractivity contribution in [3.63, 3.8) is 0 Å². The second-order valence-electron chi connectivity index (χ2n) is 5.19. The Morgan fingerprint density at radius 3 is 2.70 bits per heavy atom. The highest BCUT2D eigenvalue weighted by Crippen LogP contribution is 2.19. The van der Waals surface area contributed by atoms with Gasteiger partial charge in [-0.3, -0.25) is 14.6 Å². The topological polar surface area (TPSA) is 91.3 Å². The molecule has 1 amide bonds. The van der Waals surface area contributed by atoms with Gasteiger partial charge in [-0.05, 0) is 39.3 Å². The number of hydrogen-bond donors (Lipinski definition) is 3. The van der Waals surface area contributed by atoms with Crippen LogP contribution < -0.4 is 10.6 Å². The summed E-state index contributed by atoms with van der Waals surface area (Å²) in [5.41, 5.74) is 0.709. The molecule has 0 atom stereocenters. The molecule has 6 heteroatoms. The Labute approximate surface area is 118 Å². The third-order valence-corrected chi connectivity index (χ3v) is 2.78. The summed E-state index contributed by atoms with van der Waals surface area (Å²) < 4.78 is 0. The summed E-state index contributed by atoms with van der Waals surface area (Å²) in [7, 11) is 0. The predicted molar refractivity (Wildman–Crippen MR) is 76.8 cm³/mol. The predicted octanol–water partition coefficient (Wildman–Crippen LogP) is 1.89. The van der Waals surface area contributed by atoms with Gasteiger partial charge < -0.3 is 15.7 Å². The van der Waals surface area contributed by atoms with Crippen LogP contribution in [0, 0.1) is 0 Å². The first kappa shape index (κ1) is 15.9. The van der Waals surface area contributed by atoms with Crippen LogP contribution in [-0.4, -0.2) is 34.1 Å². The maximum atomic E-state index is 11.7. The van der Waals surface area contributed by atoms with Crippen LogP contribution in [0.3, 0.4) is 0 Å². The lowest BCUT2D eigenvalue weighted by atomic mass is 9.98. The Balaban J connectivity index is 2.74. The van der Waals surface area contributed by atoms with Gasteiger partial charge in [0.15, 0.2) is 0 Å². The summed E-state index contributed by atoms with van der Waals surface area (Å²) >= 11 is 0. The lowest BCUT2D eigenvalue weighted by Gasteiger charge is -2.27. The van der Waals surface area contributed by atoms with Gasteiger partial charge in [0.2, 0.25) is 0 Å². The van der Waals surface area contributed by atoms with E-state index >= 15 is 0 Å². The van der Waals surface area contributed by atoms with Crippen molar-refractivity contribution in [3.8, 4) is 0 Å². The fourth-order valence-corrected chi connectivity index (χ4v) is 1.76. The molecule has 0 spiro atoms. The number of nitrogens with one attached hydrogen (secondary N) is 2. The second kappa shape index (κ2) is 6.88. The van der Waals surface area contributed by atoms with Gasteiger partial charge in [-0.1, -0.05) is 0 Å². The number of hydrogen-bond acceptors (Lipinski definition) is 4. The first-order chi connectivity index (χ1) is 9.34. The first-order valence-electron chi connectivity index (χ1n) is 6.58. The van der Waals surface area contributed by atoms with Crippen LogP contribution >= 0.6 is 0 Å². The highest BCUT2D eigenvalue weighted by atomic mass is 16.4. The molecular formula is C14H21N3O3. The SMILES string of the molecule is CCNC(=O)c1cc(NC(C)(C)CCC(=O)O)ccn1. The molecule has 0 aliphatic heterocycles. The smallest absolute Gasteiger partial charge is 0.303 e. The summed E-state index contributed by atoms with van der Waals surface area (Å²) in [6, 6.07) is 3.42. The molecule has 1 rings (SSSR count). The molecule has 110 valence electrons. The molecule has 0 fully saturated rings. The van der Waals surface area contributed by atoms with E-state index < -0.39 is 5.97 Å². The van der Waals surface area contributed by atoms with Gasteiger partial charge in [0.1, 0.15) is 5.69 Å². The van der Waals surface area contributed by atoms with Crippen LogP contribution in [0.15, 0.2) is 18.3 Å². The molecular weight excluding hydrogens is 258 g/mol. The number of carbonyl (C=O) groups excluding carboxylic acids is 1. The van der Waals surface area contributed by atoms with Crippen molar-refractivity contribution in [2.24, 2.45) is 0 Å². The summed E-state index contributed by atoms with van der Waals surface area (Å²) in [6.45, 7) is 6.22. The fourth-order valence-electron chi connectivity index (χ4n) is 1.76. The molecule has 0 radical (unpaired) electrons. The van der Waals surface area contributed by atoms with E-state index in [4.69, 9.17) is 5.11 Å². The van der Waals surface area contributed by atoms with Crippen LogP contribution in [-0.2, 0) is 4.79 Å².